The molecule has 0 aromatic heterocycles. The standard InChI is InChI=1S/C28H33N5O5S/c29-26(32-37)23-14-11-21(12-15-23)17-30-27(35)24(16-13-20-7-3-1-4-8-20)31-28(36)25(18-34)33-39(38)19-22-9-5-2-6-10-22/h1-12,14-15,24-25,33-34,37H,13,16-19H2,(H2,29,32)(H,30,35)(H,31,36)/t24-,25?,39?/m0/s1. The molecule has 2 amide bonds. The molecule has 0 heterocycles. The molecule has 0 aliphatic heterocycles. The third-order valence-electron chi connectivity index (χ3n) is 5.94. The first kappa shape index (κ1) is 29.5. The van der Waals surface area contributed by atoms with E-state index in [2.05, 4.69) is 20.5 Å². The molecule has 39 heavy (non-hydrogen) atoms. The van der Waals surface area contributed by atoms with Crippen molar-refractivity contribution in [2.24, 2.45) is 10.9 Å². The maximum atomic E-state index is 13.1. The maximum absolute atomic E-state index is 13.1. The molecule has 0 saturated heterocycles. The number of nitrogens with one attached hydrogen (secondary N) is 3. The molecule has 3 atom stereocenters. The first-order valence-corrected chi connectivity index (χ1v) is 13.7. The molecule has 2 unspecified atom stereocenters. The summed E-state index contributed by atoms with van der Waals surface area (Å²) in [7, 11) is -1.62. The first-order chi connectivity index (χ1) is 18.9. The Bertz CT molecular complexity index is 1260. The summed E-state index contributed by atoms with van der Waals surface area (Å²) in [6.45, 7) is -0.401. The van der Waals surface area contributed by atoms with Crippen LogP contribution in [0.15, 0.2) is 90.1 Å². The number of rotatable bonds is 14. The van der Waals surface area contributed by atoms with Crippen LogP contribution in [0.1, 0.15) is 28.7 Å². The summed E-state index contributed by atoms with van der Waals surface area (Å²) in [5, 5.41) is 27.1. The summed E-state index contributed by atoms with van der Waals surface area (Å²) in [5.41, 5.74) is 8.72. The largest absolute Gasteiger partial charge is 0.409 e. The third kappa shape index (κ3) is 9.64. The molecule has 0 aliphatic carbocycles. The minimum atomic E-state index is -1.62. The minimum Gasteiger partial charge on any atom is -0.409 e. The highest BCUT2D eigenvalue weighted by Crippen LogP contribution is 2.08. The van der Waals surface area contributed by atoms with E-state index in [9.17, 15) is 18.9 Å². The van der Waals surface area contributed by atoms with Gasteiger partial charge in [0.1, 0.15) is 12.1 Å². The second-order valence-corrected chi connectivity index (χ2v) is 10.0. The minimum absolute atomic E-state index is 0.0222. The van der Waals surface area contributed by atoms with E-state index in [-0.39, 0.29) is 18.1 Å². The van der Waals surface area contributed by atoms with E-state index < -0.39 is 41.5 Å². The van der Waals surface area contributed by atoms with Crippen LogP contribution in [0.2, 0.25) is 0 Å². The highest BCUT2D eigenvalue weighted by molar-refractivity contribution is 7.82. The summed E-state index contributed by atoms with van der Waals surface area (Å²) >= 11 is 0. The average Bonchev–Trinajstić information content (AvgIpc) is 2.97. The van der Waals surface area contributed by atoms with Gasteiger partial charge in [0.15, 0.2) is 5.84 Å². The van der Waals surface area contributed by atoms with E-state index in [1.807, 2.05) is 60.7 Å². The van der Waals surface area contributed by atoms with E-state index in [1.165, 1.54) is 0 Å². The lowest BCUT2D eigenvalue weighted by atomic mass is 10.0. The number of benzene rings is 3. The summed E-state index contributed by atoms with van der Waals surface area (Å²) < 4.78 is 15.2. The van der Waals surface area contributed by atoms with Gasteiger partial charge in [-0.15, -0.1) is 0 Å². The molecule has 0 spiro atoms. The van der Waals surface area contributed by atoms with Crippen molar-refractivity contribution in [3.05, 3.63) is 107 Å². The normalized spacial score (nSPS) is 13.7. The molecule has 3 rings (SSSR count). The zero-order valence-electron chi connectivity index (χ0n) is 21.3. The Balaban J connectivity index is 1.64. The van der Waals surface area contributed by atoms with Crippen molar-refractivity contribution in [1.29, 1.82) is 0 Å². The van der Waals surface area contributed by atoms with Crippen molar-refractivity contribution in [2.45, 2.75) is 37.2 Å². The first-order valence-electron chi connectivity index (χ1n) is 12.4. The van der Waals surface area contributed by atoms with Crippen LogP contribution in [0, 0.1) is 0 Å². The van der Waals surface area contributed by atoms with Gasteiger partial charge in [0, 0.05) is 12.1 Å². The Kier molecular flexibility index (Phi) is 11.6. The van der Waals surface area contributed by atoms with Crippen LogP contribution >= 0.6 is 0 Å². The molecule has 0 saturated carbocycles. The van der Waals surface area contributed by atoms with Crippen LogP contribution < -0.4 is 21.1 Å². The average molecular weight is 552 g/mol. The Morgan fingerprint density at radius 1 is 0.846 bits per heavy atom. The number of hydrogen-bond acceptors (Lipinski definition) is 6. The number of aryl methyl sites for hydroxylation is 1. The van der Waals surface area contributed by atoms with E-state index in [4.69, 9.17) is 10.9 Å². The molecule has 10 nitrogen and oxygen atoms in total. The van der Waals surface area contributed by atoms with Crippen LogP contribution in [0.25, 0.3) is 0 Å². The Morgan fingerprint density at radius 3 is 2.05 bits per heavy atom. The van der Waals surface area contributed by atoms with Gasteiger partial charge in [-0.3, -0.25) is 9.59 Å². The second-order valence-electron chi connectivity index (χ2n) is 8.81. The number of amides is 2. The van der Waals surface area contributed by atoms with Crippen LogP contribution in [0.5, 0.6) is 0 Å². The van der Waals surface area contributed by atoms with Crippen molar-refractivity contribution >= 4 is 28.6 Å². The van der Waals surface area contributed by atoms with Gasteiger partial charge in [0.05, 0.1) is 23.3 Å². The van der Waals surface area contributed by atoms with Gasteiger partial charge in [0.25, 0.3) is 0 Å². The number of aliphatic hydroxyl groups is 1. The summed E-state index contributed by atoms with van der Waals surface area (Å²) in [6.07, 6.45) is 0.847. The van der Waals surface area contributed by atoms with Gasteiger partial charge in [-0.1, -0.05) is 90.1 Å². The van der Waals surface area contributed by atoms with Crippen molar-refractivity contribution in [2.75, 3.05) is 6.61 Å². The van der Waals surface area contributed by atoms with Crippen LogP contribution in [-0.4, -0.2) is 50.9 Å². The highest BCUT2D eigenvalue weighted by atomic mass is 32.2. The summed E-state index contributed by atoms with van der Waals surface area (Å²) in [5.74, 6) is -0.889. The lowest BCUT2D eigenvalue weighted by Crippen LogP contribution is -2.54. The van der Waals surface area contributed by atoms with Crippen molar-refractivity contribution in [3.8, 4) is 0 Å². The Labute approximate surface area is 229 Å². The number of amidine groups is 1. The fraction of sp³-hybridized carbons (Fsp3) is 0.250. The van der Waals surface area contributed by atoms with E-state index in [0.717, 1.165) is 16.7 Å². The van der Waals surface area contributed by atoms with Crippen LogP contribution in [0.4, 0.5) is 0 Å². The summed E-state index contributed by atoms with van der Waals surface area (Å²) in [6, 6.07) is 23.4. The van der Waals surface area contributed by atoms with Crippen LogP contribution in [-0.2, 0) is 39.3 Å². The number of carbonyl (C=O) groups excluding carboxylic acids is 2. The fourth-order valence-corrected chi connectivity index (χ4v) is 4.84. The second kappa shape index (κ2) is 15.4. The Hall–Kier alpha value is -4.06. The molecule has 7 N–H and O–H groups in total. The SMILES string of the molecule is N/C(=N\O)c1ccc(CNC(=O)[C@H](CCc2ccccc2)NC(=O)C(CO)NS(=O)Cc2ccccc2)cc1. The molecule has 0 aliphatic rings. The predicted octanol–water partition coefficient (Wildman–Crippen LogP) is 1.33. The number of carbonyl (C=O) groups is 2. The lowest BCUT2D eigenvalue weighted by molar-refractivity contribution is -0.130. The zero-order valence-corrected chi connectivity index (χ0v) is 22.1. The predicted molar refractivity (Wildman–Crippen MR) is 150 cm³/mol. The lowest BCUT2D eigenvalue weighted by Gasteiger charge is -2.22. The monoisotopic (exact) mass is 551 g/mol. The van der Waals surface area contributed by atoms with Gasteiger partial charge in [-0.05, 0) is 29.5 Å². The number of aliphatic hydroxyl groups excluding tert-OH is 1. The quantitative estimate of drug-likeness (QED) is 0.0765. The van der Waals surface area contributed by atoms with Crippen molar-refractivity contribution in [1.82, 2.24) is 15.4 Å². The molecule has 0 fully saturated rings. The molecule has 3 aromatic carbocycles. The molecular weight excluding hydrogens is 518 g/mol. The number of hydrogen-bond donors (Lipinski definition) is 6. The number of nitrogens with zero attached hydrogens (tertiary/aromatic N) is 1. The number of nitrogens with two attached hydrogens (primary N) is 1. The fourth-order valence-electron chi connectivity index (χ4n) is 3.76. The van der Waals surface area contributed by atoms with E-state index in [1.54, 1.807) is 24.3 Å². The van der Waals surface area contributed by atoms with E-state index in [0.29, 0.717) is 18.4 Å². The molecule has 11 heteroatoms. The van der Waals surface area contributed by atoms with Gasteiger partial charge in [0.2, 0.25) is 11.8 Å². The van der Waals surface area contributed by atoms with Crippen molar-refractivity contribution in [3.63, 3.8) is 0 Å². The molecule has 0 radical (unpaired) electrons. The molecule has 0 bridgehead atoms. The molecular formula is C28H33N5O5S. The highest BCUT2D eigenvalue weighted by Gasteiger charge is 2.26. The zero-order chi connectivity index (χ0) is 28.0. The Morgan fingerprint density at radius 2 is 1.46 bits per heavy atom. The van der Waals surface area contributed by atoms with Gasteiger partial charge >= 0.3 is 0 Å². The summed E-state index contributed by atoms with van der Waals surface area (Å²) in [4.78, 5) is 26.1. The van der Waals surface area contributed by atoms with Gasteiger partial charge in [-0.25, -0.2) is 8.93 Å². The maximum Gasteiger partial charge on any atom is 0.242 e. The third-order valence-corrected chi connectivity index (χ3v) is 7.08. The smallest absolute Gasteiger partial charge is 0.242 e. The van der Waals surface area contributed by atoms with Crippen LogP contribution in [0.3, 0.4) is 0 Å². The molecule has 3 aromatic rings. The molecule has 206 valence electrons. The van der Waals surface area contributed by atoms with Gasteiger partial charge in [-0.2, -0.15) is 0 Å². The topological polar surface area (TPSA) is 166 Å². The van der Waals surface area contributed by atoms with E-state index >= 15 is 0 Å². The number of oxime groups is 1. The van der Waals surface area contributed by atoms with Gasteiger partial charge < -0.3 is 26.7 Å². The van der Waals surface area contributed by atoms with Crippen molar-refractivity contribution < 1.29 is 24.1 Å².